The summed E-state index contributed by atoms with van der Waals surface area (Å²) in [4.78, 5) is 14.7. The molecule has 0 atom stereocenters. The van der Waals surface area contributed by atoms with Crippen molar-refractivity contribution in [3.05, 3.63) is 158 Å². The van der Waals surface area contributed by atoms with Crippen molar-refractivity contribution in [3.63, 3.8) is 0 Å². The Morgan fingerprint density at radius 3 is 1.84 bits per heavy atom. The molecule has 0 N–H and O–H groups in total. The van der Waals surface area contributed by atoms with Gasteiger partial charge in [-0.1, -0.05) is 121 Å². The zero-order valence-corrected chi connectivity index (χ0v) is 26.5. The predicted octanol–water partition coefficient (Wildman–Crippen LogP) is 11.8. The molecule has 4 heterocycles. The Balaban J connectivity index is 1.18. The van der Waals surface area contributed by atoms with E-state index in [1.165, 1.54) is 4.57 Å². The Kier molecular flexibility index (Phi) is 4.44. The minimum atomic E-state index is -0.539. The SMILES string of the molecule is [2H]c1c([2H])c([2H])c2c(c1[2H])c1c([2H])c([2H])c([2H])c([2H])c1n2-c1nc(-c2ccccc2)nc(-c2cccc3c2oc2ccc(-c4cccc5c4oc4ccccc45)cc23)n1. The van der Waals surface area contributed by atoms with Crippen molar-refractivity contribution in [2.45, 2.75) is 0 Å². The predicted molar refractivity (Wildman–Crippen MR) is 205 cm³/mol. The summed E-state index contributed by atoms with van der Waals surface area (Å²) in [6, 6.07) is 30.9. The van der Waals surface area contributed by atoms with Crippen LogP contribution in [0.3, 0.4) is 0 Å². The van der Waals surface area contributed by atoms with E-state index in [1.807, 2.05) is 97.1 Å². The lowest BCUT2D eigenvalue weighted by Gasteiger charge is -2.11. The molecule has 0 saturated carbocycles. The van der Waals surface area contributed by atoms with Crippen molar-refractivity contribution in [2.24, 2.45) is 0 Å². The molecule has 0 radical (unpaired) electrons. The van der Waals surface area contributed by atoms with Crippen LogP contribution in [0.5, 0.6) is 0 Å². The van der Waals surface area contributed by atoms with Crippen LogP contribution >= 0.6 is 0 Å². The van der Waals surface area contributed by atoms with E-state index in [4.69, 9.17) is 34.8 Å². The molecule has 0 bridgehead atoms. The molecule has 51 heavy (non-hydrogen) atoms. The van der Waals surface area contributed by atoms with Gasteiger partial charge in [0.25, 0.3) is 0 Å². The van der Waals surface area contributed by atoms with E-state index in [-0.39, 0.29) is 39.4 Å². The summed E-state index contributed by atoms with van der Waals surface area (Å²) in [6.45, 7) is 0. The van der Waals surface area contributed by atoms with E-state index in [0.717, 1.165) is 43.8 Å². The van der Waals surface area contributed by atoms with Crippen molar-refractivity contribution < 1.29 is 19.8 Å². The largest absolute Gasteiger partial charge is 0.455 e. The Morgan fingerprint density at radius 2 is 1.06 bits per heavy atom. The number of hydrogen-bond acceptors (Lipinski definition) is 5. The first-order valence-electron chi connectivity index (χ1n) is 20.3. The van der Waals surface area contributed by atoms with Crippen molar-refractivity contribution in [1.82, 2.24) is 19.5 Å². The number of nitrogens with zero attached hydrogens (tertiary/aromatic N) is 4. The molecular formula is C45H26N4O2. The summed E-state index contributed by atoms with van der Waals surface area (Å²) in [6.07, 6.45) is 0. The van der Waals surface area contributed by atoms with Crippen LogP contribution in [0.15, 0.2) is 166 Å². The highest BCUT2D eigenvalue weighted by Crippen LogP contribution is 2.40. The maximum absolute atomic E-state index is 9.03. The van der Waals surface area contributed by atoms with Gasteiger partial charge in [0, 0.05) is 43.4 Å². The van der Waals surface area contributed by atoms with E-state index >= 15 is 0 Å². The number of furan rings is 2. The topological polar surface area (TPSA) is 69.9 Å². The van der Waals surface area contributed by atoms with Gasteiger partial charge in [-0.05, 0) is 41.9 Å². The molecule has 11 aromatic rings. The minimum absolute atomic E-state index is 0.0743. The minimum Gasteiger partial charge on any atom is -0.455 e. The summed E-state index contributed by atoms with van der Waals surface area (Å²) in [7, 11) is 0. The first-order chi connectivity index (χ1) is 28.6. The molecule has 0 saturated heterocycles. The van der Waals surface area contributed by atoms with E-state index in [0.29, 0.717) is 22.3 Å². The Hall–Kier alpha value is -7.05. The molecule has 4 aromatic heterocycles. The van der Waals surface area contributed by atoms with Gasteiger partial charge >= 0.3 is 0 Å². The summed E-state index contributed by atoms with van der Waals surface area (Å²) >= 11 is 0. The van der Waals surface area contributed by atoms with Crippen LogP contribution in [0.2, 0.25) is 0 Å². The average molecular weight is 663 g/mol. The fourth-order valence-corrected chi connectivity index (χ4v) is 7.04. The summed E-state index contributed by atoms with van der Waals surface area (Å²) < 4.78 is 84.1. The van der Waals surface area contributed by atoms with Gasteiger partial charge < -0.3 is 8.83 Å². The van der Waals surface area contributed by atoms with Crippen molar-refractivity contribution in [2.75, 3.05) is 0 Å². The number of benzene rings is 7. The number of rotatable bonds is 4. The van der Waals surface area contributed by atoms with Gasteiger partial charge in [0.05, 0.1) is 27.6 Å². The zero-order valence-electron chi connectivity index (χ0n) is 34.5. The van der Waals surface area contributed by atoms with Crippen molar-refractivity contribution in [3.8, 4) is 39.9 Å². The number of hydrogen-bond donors (Lipinski definition) is 0. The quantitative estimate of drug-likeness (QED) is 0.188. The lowest BCUT2D eigenvalue weighted by Crippen LogP contribution is -2.06. The Labute approximate surface area is 302 Å². The van der Waals surface area contributed by atoms with Gasteiger partial charge in [-0.2, -0.15) is 9.97 Å². The third-order valence-corrected chi connectivity index (χ3v) is 9.34. The lowest BCUT2D eigenvalue weighted by molar-refractivity contribution is 0.668. The highest BCUT2D eigenvalue weighted by atomic mass is 16.3. The molecule has 0 aliphatic carbocycles. The molecule has 6 heteroatoms. The van der Waals surface area contributed by atoms with Gasteiger partial charge in [0.15, 0.2) is 11.6 Å². The van der Waals surface area contributed by atoms with Crippen LogP contribution < -0.4 is 0 Å². The standard InChI is InChI=1S/C45H26N4O2/c1-2-12-27(13-3-1)43-46-44(48-45(47-43)49-37-21-7-4-14-30(37)31-15-5-8-22-38(31)49)35-20-11-19-34-36-26-28(24-25-40(36)51-42(34)35)29-17-10-18-33-32-16-6-9-23-39(32)50-41(29)33/h1-26H/i4D,5D,7D,8D,14D,15D,21D,22D. The van der Waals surface area contributed by atoms with E-state index < -0.39 is 48.3 Å². The first kappa shape index (κ1) is 21.1. The first-order valence-corrected chi connectivity index (χ1v) is 16.3. The smallest absolute Gasteiger partial charge is 0.238 e. The zero-order chi connectivity index (χ0) is 40.4. The normalized spacial score (nSPS) is 14.1. The van der Waals surface area contributed by atoms with Crippen LogP contribution in [-0.2, 0) is 0 Å². The molecular weight excluding hydrogens is 629 g/mol. The van der Waals surface area contributed by atoms with Gasteiger partial charge in [-0.15, -0.1) is 0 Å². The summed E-state index contributed by atoms with van der Waals surface area (Å²) in [5.74, 6) is 0.275. The second kappa shape index (κ2) is 10.7. The van der Waals surface area contributed by atoms with Crippen LogP contribution in [-0.4, -0.2) is 19.5 Å². The number of fused-ring (bicyclic) bond motifs is 9. The molecule has 0 aliphatic heterocycles. The molecule has 0 unspecified atom stereocenters. The molecule has 6 nitrogen and oxygen atoms in total. The second-order valence-corrected chi connectivity index (χ2v) is 12.2. The highest BCUT2D eigenvalue weighted by molar-refractivity contribution is 6.13. The fraction of sp³-hybridized carbons (Fsp3) is 0. The third-order valence-electron chi connectivity index (χ3n) is 9.34. The summed E-state index contributed by atoms with van der Waals surface area (Å²) in [5.41, 5.74) is 5.51. The monoisotopic (exact) mass is 662 g/mol. The maximum atomic E-state index is 9.03. The van der Waals surface area contributed by atoms with Crippen molar-refractivity contribution >= 4 is 65.7 Å². The van der Waals surface area contributed by atoms with E-state index in [2.05, 4.69) is 12.1 Å². The summed E-state index contributed by atoms with van der Waals surface area (Å²) in [5, 5.41) is 3.55. The van der Waals surface area contributed by atoms with Crippen LogP contribution in [0, 0.1) is 0 Å². The molecule has 0 amide bonds. The molecule has 7 aromatic carbocycles. The average Bonchev–Trinajstić information content (AvgIpc) is 3.96. The molecule has 0 aliphatic rings. The molecule has 0 fully saturated rings. The number of aromatic nitrogens is 4. The van der Waals surface area contributed by atoms with Crippen LogP contribution in [0.4, 0.5) is 0 Å². The van der Waals surface area contributed by atoms with Gasteiger partial charge in [-0.3, -0.25) is 4.57 Å². The van der Waals surface area contributed by atoms with Crippen LogP contribution in [0.25, 0.3) is 106 Å². The highest BCUT2D eigenvalue weighted by Gasteiger charge is 2.21. The van der Waals surface area contributed by atoms with Crippen molar-refractivity contribution in [1.29, 1.82) is 0 Å². The lowest BCUT2D eigenvalue weighted by atomic mass is 10.00. The molecule has 238 valence electrons. The van der Waals surface area contributed by atoms with Gasteiger partial charge in [0.1, 0.15) is 22.3 Å². The third kappa shape index (κ3) is 4.20. The van der Waals surface area contributed by atoms with Gasteiger partial charge in [-0.25, -0.2) is 4.98 Å². The Bertz CT molecular complexity index is 3540. The van der Waals surface area contributed by atoms with Crippen LogP contribution in [0.1, 0.15) is 11.0 Å². The maximum Gasteiger partial charge on any atom is 0.238 e. The molecule has 0 spiro atoms. The molecule has 11 rings (SSSR count). The number of para-hydroxylation sites is 5. The second-order valence-electron chi connectivity index (χ2n) is 12.2. The van der Waals surface area contributed by atoms with E-state index in [9.17, 15) is 0 Å². The fourth-order valence-electron chi connectivity index (χ4n) is 7.04. The Morgan fingerprint density at radius 1 is 0.451 bits per heavy atom. The van der Waals surface area contributed by atoms with E-state index in [1.54, 1.807) is 0 Å². The van der Waals surface area contributed by atoms with Gasteiger partial charge in [0.2, 0.25) is 5.95 Å².